The lowest BCUT2D eigenvalue weighted by atomic mass is 9.69. The first-order chi connectivity index (χ1) is 7.97. The number of ether oxygens (including phenoxy) is 1. The highest BCUT2D eigenvalue weighted by molar-refractivity contribution is 9.10. The summed E-state index contributed by atoms with van der Waals surface area (Å²) in [5.41, 5.74) is -0.340. The quantitative estimate of drug-likeness (QED) is 0.933. The van der Waals surface area contributed by atoms with Crippen LogP contribution in [0.2, 0.25) is 0 Å². The second-order valence-corrected chi connectivity index (χ2v) is 5.25. The summed E-state index contributed by atoms with van der Waals surface area (Å²) >= 11 is 3.27. The SMILES string of the molecule is CC(C(=O)O)C1(c2cc(Br)ccc2F)COC1. The van der Waals surface area contributed by atoms with E-state index in [0.717, 1.165) is 4.47 Å². The summed E-state index contributed by atoms with van der Waals surface area (Å²) in [5.74, 6) is -2.00. The molecule has 92 valence electrons. The van der Waals surface area contributed by atoms with Crippen molar-refractivity contribution in [3.8, 4) is 0 Å². The first kappa shape index (κ1) is 12.5. The predicted molar refractivity (Wildman–Crippen MR) is 63.4 cm³/mol. The Hall–Kier alpha value is -0.940. The largest absolute Gasteiger partial charge is 0.481 e. The highest BCUT2D eigenvalue weighted by atomic mass is 79.9. The van der Waals surface area contributed by atoms with E-state index in [9.17, 15) is 9.18 Å². The zero-order valence-corrected chi connectivity index (χ0v) is 10.8. The Kier molecular flexibility index (Phi) is 3.23. The summed E-state index contributed by atoms with van der Waals surface area (Å²) in [6, 6.07) is 4.57. The first-order valence-electron chi connectivity index (χ1n) is 5.23. The molecule has 0 saturated carbocycles. The number of carbonyl (C=O) groups is 1. The number of hydrogen-bond donors (Lipinski definition) is 1. The normalized spacial score (nSPS) is 19.5. The van der Waals surface area contributed by atoms with Gasteiger partial charge in [0.05, 0.1) is 24.5 Å². The van der Waals surface area contributed by atoms with Gasteiger partial charge < -0.3 is 9.84 Å². The standard InChI is InChI=1S/C12H12BrFO3/c1-7(11(15)16)12(5-17-6-12)9-4-8(13)2-3-10(9)14/h2-4,7H,5-6H2,1H3,(H,15,16). The van der Waals surface area contributed by atoms with Gasteiger partial charge >= 0.3 is 5.97 Å². The van der Waals surface area contributed by atoms with E-state index in [1.165, 1.54) is 6.07 Å². The van der Waals surface area contributed by atoms with E-state index in [0.29, 0.717) is 5.56 Å². The van der Waals surface area contributed by atoms with E-state index in [1.807, 2.05) is 0 Å². The second-order valence-electron chi connectivity index (χ2n) is 4.33. The predicted octanol–water partition coefficient (Wildman–Crippen LogP) is 2.58. The van der Waals surface area contributed by atoms with Gasteiger partial charge in [0, 0.05) is 10.0 Å². The zero-order chi connectivity index (χ0) is 12.6. The lowest BCUT2D eigenvalue weighted by molar-refractivity contribution is -0.155. The van der Waals surface area contributed by atoms with Crippen LogP contribution < -0.4 is 0 Å². The van der Waals surface area contributed by atoms with Crippen molar-refractivity contribution < 1.29 is 19.0 Å². The first-order valence-corrected chi connectivity index (χ1v) is 6.03. The molecule has 0 aromatic heterocycles. The van der Waals surface area contributed by atoms with Crippen molar-refractivity contribution in [3.63, 3.8) is 0 Å². The minimum absolute atomic E-state index is 0.244. The molecule has 1 N–H and O–H groups in total. The third-order valence-corrected chi connectivity index (χ3v) is 3.88. The fraction of sp³-hybridized carbons (Fsp3) is 0.417. The molecule has 3 nitrogen and oxygen atoms in total. The van der Waals surface area contributed by atoms with Crippen LogP contribution in [0, 0.1) is 11.7 Å². The molecule has 2 rings (SSSR count). The molecule has 1 aliphatic heterocycles. The van der Waals surface area contributed by atoms with Gasteiger partial charge in [-0.15, -0.1) is 0 Å². The molecular weight excluding hydrogens is 291 g/mol. The van der Waals surface area contributed by atoms with Gasteiger partial charge in [0.1, 0.15) is 5.82 Å². The van der Waals surface area contributed by atoms with E-state index < -0.39 is 17.3 Å². The van der Waals surface area contributed by atoms with Crippen molar-refractivity contribution >= 4 is 21.9 Å². The number of aliphatic carboxylic acids is 1. The summed E-state index contributed by atoms with van der Waals surface area (Å²) in [6.07, 6.45) is 0. The topological polar surface area (TPSA) is 46.5 Å². The number of carboxylic acids is 1. The van der Waals surface area contributed by atoms with E-state index in [4.69, 9.17) is 9.84 Å². The van der Waals surface area contributed by atoms with Gasteiger partial charge in [0.2, 0.25) is 0 Å². The molecule has 1 saturated heterocycles. The molecular formula is C12H12BrFO3. The molecule has 5 heteroatoms. The number of carboxylic acid groups (broad SMARTS) is 1. The fourth-order valence-electron chi connectivity index (χ4n) is 2.08. The van der Waals surface area contributed by atoms with Crippen LogP contribution in [0.25, 0.3) is 0 Å². The molecule has 1 unspecified atom stereocenters. The average molecular weight is 303 g/mol. The third kappa shape index (κ3) is 1.98. The molecule has 1 aromatic rings. The monoisotopic (exact) mass is 302 g/mol. The van der Waals surface area contributed by atoms with Gasteiger partial charge in [-0.2, -0.15) is 0 Å². The smallest absolute Gasteiger partial charge is 0.307 e. The van der Waals surface area contributed by atoms with Crippen LogP contribution >= 0.6 is 15.9 Å². The molecule has 1 aromatic carbocycles. The van der Waals surface area contributed by atoms with Crippen LogP contribution in [0.15, 0.2) is 22.7 Å². The van der Waals surface area contributed by atoms with E-state index >= 15 is 0 Å². The van der Waals surface area contributed by atoms with E-state index in [-0.39, 0.29) is 19.0 Å². The number of hydrogen-bond acceptors (Lipinski definition) is 2. The van der Waals surface area contributed by atoms with Crippen molar-refractivity contribution in [1.29, 1.82) is 0 Å². The fourth-order valence-corrected chi connectivity index (χ4v) is 2.44. The van der Waals surface area contributed by atoms with Crippen LogP contribution in [-0.2, 0) is 14.9 Å². The Morgan fingerprint density at radius 1 is 1.59 bits per heavy atom. The maximum absolute atomic E-state index is 13.8. The number of benzene rings is 1. The highest BCUT2D eigenvalue weighted by Gasteiger charge is 2.49. The molecule has 0 aliphatic carbocycles. The molecule has 17 heavy (non-hydrogen) atoms. The van der Waals surface area contributed by atoms with Crippen molar-refractivity contribution in [1.82, 2.24) is 0 Å². The Balaban J connectivity index is 2.48. The van der Waals surface area contributed by atoms with E-state index in [2.05, 4.69) is 15.9 Å². The molecule has 1 fully saturated rings. The molecule has 0 amide bonds. The van der Waals surface area contributed by atoms with Crippen molar-refractivity contribution in [2.75, 3.05) is 13.2 Å². The lowest BCUT2D eigenvalue weighted by Gasteiger charge is -2.44. The maximum Gasteiger partial charge on any atom is 0.307 e. The molecule has 0 spiro atoms. The van der Waals surface area contributed by atoms with Crippen LogP contribution in [0.1, 0.15) is 12.5 Å². The summed E-state index contributed by atoms with van der Waals surface area (Å²) in [4.78, 5) is 11.1. The minimum Gasteiger partial charge on any atom is -0.481 e. The summed E-state index contributed by atoms with van der Waals surface area (Å²) < 4.78 is 19.7. The number of halogens is 2. The lowest BCUT2D eigenvalue weighted by Crippen LogP contribution is -2.54. The molecule has 1 heterocycles. The van der Waals surface area contributed by atoms with Gasteiger partial charge in [0.25, 0.3) is 0 Å². The van der Waals surface area contributed by atoms with Crippen molar-refractivity contribution in [3.05, 3.63) is 34.1 Å². The van der Waals surface area contributed by atoms with Crippen LogP contribution in [0.4, 0.5) is 4.39 Å². The summed E-state index contributed by atoms with van der Waals surface area (Å²) in [6.45, 7) is 2.08. The van der Waals surface area contributed by atoms with Gasteiger partial charge in [-0.05, 0) is 18.2 Å². The Bertz CT molecular complexity index is 457. The van der Waals surface area contributed by atoms with Crippen LogP contribution in [-0.4, -0.2) is 24.3 Å². The van der Waals surface area contributed by atoms with Gasteiger partial charge in [0.15, 0.2) is 0 Å². The summed E-state index contributed by atoms with van der Waals surface area (Å²) in [5, 5.41) is 9.11. The zero-order valence-electron chi connectivity index (χ0n) is 9.24. The highest BCUT2D eigenvalue weighted by Crippen LogP contribution is 2.41. The average Bonchev–Trinajstić information content (AvgIpc) is 2.21. The minimum atomic E-state index is -0.937. The Morgan fingerprint density at radius 2 is 2.24 bits per heavy atom. The van der Waals surface area contributed by atoms with Gasteiger partial charge in [-0.3, -0.25) is 4.79 Å². The third-order valence-electron chi connectivity index (χ3n) is 3.38. The molecule has 0 bridgehead atoms. The van der Waals surface area contributed by atoms with Gasteiger partial charge in [-0.25, -0.2) is 4.39 Å². The van der Waals surface area contributed by atoms with Crippen LogP contribution in [0.3, 0.4) is 0 Å². The molecule has 0 radical (unpaired) electrons. The number of rotatable bonds is 3. The molecule has 1 atom stereocenters. The second kappa shape index (κ2) is 4.38. The maximum atomic E-state index is 13.8. The van der Waals surface area contributed by atoms with Crippen LogP contribution in [0.5, 0.6) is 0 Å². The Morgan fingerprint density at radius 3 is 2.71 bits per heavy atom. The molecule has 1 aliphatic rings. The van der Waals surface area contributed by atoms with Crippen molar-refractivity contribution in [2.45, 2.75) is 12.3 Å². The Labute approximate surface area is 107 Å². The summed E-state index contributed by atoms with van der Waals surface area (Å²) in [7, 11) is 0. The van der Waals surface area contributed by atoms with E-state index in [1.54, 1.807) is 19.1 Å². The van der Waals surface area contributed by atoms with Gasteiger partial charge in [-0.1, -0.05) is 22.9 Å². The van der Waals surface area contributed by atoms with Crippen molar-refractivity contribution in [2.24, 2.45) is 5.92 Å².